The van der Waals surface area contributed by atoms with Gasteiger partial charge in [0.1, 0.15) is 12.2 Å². The molecular weight excluding hydrogens is 502 g/mol. The molecule has 0 aliphatic heterocycles. The molecule has 0 aliphatic rings. The van der Waals surface area contributed by atoms with Gasteiger partial charge in [-0.2, -0.15) is 0 Å². The van der Waals surface area contributed by atoms with E-state index < -0.39 is 36.9 Å². The van der Waals surface area contributed by atoms with Crippen molar-refractivity contribution in [3.05, 3.63) is 24.3 Å². The smallest absolute Gasteiger partial charge is 0.249 e. The molecule has 0 rings (SSSR count). The molecule has 4 atom stereocenters. The molecule has 236 valence electrons. The van der Waals surface area contributed by atoms with Crippen molar-refractivity contribution >= 4 is 5.91 Å². The van der Waals surface area contributed by atoms with Crippen LogP contribution in [0.2, 0.25) is 0 Å². The molecule has 0 fully saturated rings. The number of aliphatic hydroxyl groups excluding tert-OH is 4. The van der Waals surface area contributed by atoms with E-state index in [-0.39, 0.29) is 0 Å². The summed E-state index contributed by atoms with van der Waals surface area (Å²) in [6, 6.07) is -1.00. The predicted molar refractivity (Wildman–Crippen MR) is 168 cm³/mol. The molecule has 4 unspecified atom stereocenters. The van der Waals surface area contributed by atoms with E-state index in [0.717, 1.165) is 44.9 Å². The number of aliphatic hydroxyl groups is 4. The van der Waals surface area contributed by atoms with Gasteiger partial charge in [-0.25, -0.2) is 0 Å². The van der Waals surface area contributed by atoms with Gasteiger partial charge >= 0.3 is 0 Å². The van der Waals surface area contributed by atoms with Crippen molar-refractivity contribution in [1.82, 2.24) is 5.32 Å². The standard InChI is InChI=1S/C34H65NO5/c1-3-5-7-9-11-13-15-16-18-19-21-23-25-27-31(37)33(39)30(29-36)35-34(40)32(38)28-26-24-22-20-17-14-12-10-8-6-4-2/h13,15,19,21,30-33,36-39H,3-12,14,16-18,20,22-29H2,1-2H3,(H,35,40)/b15-13+,21-19+. The Morgan fingerprint density at radius 3 is 1.57 bits per heavy atom. The van der Waals surface area contributed by atoms with Crippen LogP contribution in [0.1, 0.15) is 155 Å². The number of nitrogens with one attached hydrogen (secondary N) is 1. The summed E-state index contributed by atoms with van der Waals surface area (Å²) >= 11 is 0. The molecule has 0 saturated heterocycles. The van der Waals surface area contributed by atoms with Gasteiger partial charge in [-0.05, 0) is 51.4 Å². The van der Waals surface area contributed by atoms with E-state index in [4.69, 9.17) is 0 Å². The zero-order chi connectivity index (χ0) is 29.7. The summed E-state index contributed by atoms with van der Waals surface area (Å²) in [5.74, 6) is -0.602. The lowest BCUT2D eigenvalue weighted by Gasteiger charge is -2.27. The molecule has 6 heteroatoms. The zero-order valence-corrected chi connectivity index (χ0v) is 26.1. The molecule has 0 saturated carbocycles. The average Bonchev–Trinajstić information content (AvgIpc) is 2.96. The molecule has 1 amide bonds. The highest BCUT2D eigenvalue weighted by molar-refractivity contribution is 5.80. The van der Waals surface area contributed by atoms with Gasteiger partial charge in [0, 0.05) is 0 Å². The Morgan fingerprint density at radius 1 is 0.600 bits per heavy atom. The van der Waals surface area contributed by atoms with Crippen LogP contribution in [0.5, 0.6) is 0 Å². The van der Waals surface area contributed by atoms with Gasteiger partial charge in [0.05, 0.1) is 18.8 Å². The van der Waals surface area contributed by atoms with Crippen LogP contribution in [0, 0.1) is 0 Å². The zero-order valence-electron chi connectivity index (χ0n) is 26.1. The maximum absolute atomic E-state index is 12.4. The molecule has 0 radical (unpaired) electrons. The molecule has 0 aromatic carbocycles. The highest BCUT2D eigenvalue weighted by Gasteiger charge is 2.28. The highest BCUT2D eigenvalue weighted by Crippen LogP contribution is 2.14. The molecule has 0 spiro atoms. The van der Waals surface area contributed by atoms with Crippen LogP contribution in [0.25, 0.3) is 0 Å². The first-order valence-corrected chi connectivity index (χ1v) is 16.7. The first kappa shape index (κ1) is 38.8. The normalized spacial score (nSPS) is 15.1. The van der Waals surface area contributed by atoms with E-state index in [0.29, 0.717) is 19.3 Å². The molecular formula is C34H65NO5. The number of amides is 1. The lowest BCUT2D eigenvalue weighted by Crippen LogP contribution is -2.53. The first-order valence-electron chi connectivity index (χ1n) is 16.7. The van der Waals surface area contributed by atoms with Crippen LogP contribution in [0.4, 0.5) is 0 Å². The van der Waals surface area contributed by atoms with Crippen LogP contribution in [-0.2, 0) is 4.79 Å². The Labute approximate surface area is 246 Å². The van der Waals surface area contributed by atoms with Gasteiger partial charge in [-0.3, -0.25) is 4.79 Å². The number of unbranched alkanes of at least 4 members (excludes halogenated alkanes) is 16. The average molecular weight is 568 g/mol. The fourth-order valence-electron chi connectivity index (χ4n) is 4.89. The van der Waals surface area contributed by atoms with Crippen LogP contribution in [0.3, 0.4) is 0 Å². The van der Waals surface area contributed by atoms with Gasteiger partial charge in [0.15, 0.2) is 0 Å². The maximum Gasteiger partial charge on any atom is 0.249 e. The van der Waals surface area contributed by atoms with Crippen molar-refractivity contribution in [2.75, 3.05) is 6.61 Å². The number of allylic oxidation sites excluding steroid dienone is 4. The minimum absolute atomic E-state index is 0.362. The third-order valence-electron chi connectivity index (χ3n) is 7.64. The van der Waals surface area contributed by atoms with E-state index in [1.54, 1.807) is 0 Å². The van der Waals surface area contributed by atoms with E-state index in [9.17, 15) is 25.2 Å². The number of hydrogen-bond donors (Lipinski definition) is 5. The summed E-state index contributed by atoms with van der Waals surface area (Å²) in [7, 11) is 0. The second kappa shape index (κ2) is 29.3. The van der Waals surface area contributed by atoms with Crippen molar-refractivity contribution in [2.24, 2.45) is 0 Å². The Bertz CT molecular complexity index is 609. The van der Waals surface area contributed by atoms with Gasteiger partial charge in [0.2, 0.25) is 5.91 Å². The molecule has 0 bridgehead atoms. The SMILES string of the molecule is CCCCCC/C=C/CC/C=C/CCCC(O)C(O)C(CO)NC(=O)C(O)CCCCCCCCCCCCC. The van der Waals surface area contributed by atoms with Crippen molar-refractivity contribution in [1.29, 1.82) is 0 Å². The lowest BCUT2D eigenvalue weighted by molar-refractivity contribution is -0.132. The predicted octanol–water partition coefficient (Wildman–Crippen LogP) is 7.28. The summed E-state index contributed by atoms with van der Waals surface area (Å²) in [6.07, 6.45) is 29.1. The Hall–Kier alpha value is -1.21. The maximum atomic E-state index is 12.4. The molecule has 40 heavy (non-hydrogen) atoms. The molecule has 0 aliphatic carbocycles. The fourth-order valence-corrected chi connectivity index (χ4v) is 4.89. The van der Waals surface area contributed by atoms with Crippen molar-refractivity contribution in [3.8, 4) is 0 Å². The Balaban J connectivity index is 3.95. The first-order chi connectivity index (χ1) is 19.5. The molecule has 0 aromatic heterocycles. The Morgan fingerprint density at radius 2 is 1.05 bits per heavy atom. The number of carbonyl (C=O) groups is 1. The van der Waals surface area contributed by atoms with Gasteiger partial charge in [-0.15, -0.1) is 0 Å². The second-order valence-corrected chi connectivity index (χ2v) is 11.5. The summed E-state index contributed by atoms with van der Waals surface area (Å²) in [4.78, 5) is 12.4. The molecule has 0 heterocycles. The largest absolute Gasteiger partial charge is 0.394 e. The van der Waals surface area contributed by atoms with E-state index >= 15 is 0 Å². The molecule has 0 aromatic rings. The van der Waals surface area contributed by atoms with E-state index in [1.165, 1.54) is 77.0 Å². The third kappa shape index (κ3) is 23.5. The van der Waals surface area contributed by atoms with Crippen LogP contribution in [-0.4, -0.2) is 57.3 Å². The monoisotopic (exact) mass is 567 g/mol. The topological polar surface area (TPSA) is 110 Å². The summed E-state index contributed by atoms with van der Waals surface area (Å²) in [5.41, 5.74) is 0. The minimum Gasteiger partial charge on any atom is -0.394 e. The quantitative estimate of drug-likeness (QED) is 0.0482. The van der Waals surface area contributed by atoms with Gasteiger partial charge in [0.25, 0.3) is 0 Å². The highest BCUT2D eigenvalue weighted by atomic mass is 16.3. The van der Waals surface area contributed by atoms with Crippen molar-refractivity contribution < 1.29 is 25.2 Å². The summed E-state index contributed by atoms with van der Waals surface area (Å²) in [5, 5.41) is 43.2. The number of rotatable bonds is 29. The van der Waals surface area contributed by atoms with Crippen LogP contribution >= 0.6 is 0 Å². The van der Waals surface area contributed by atoms with Gasteiger partial charge < -0.3 is 25.7 Å². The number of hydrogen-bond acceptors (Lipinski definition) is 5. The molecule has 5 N–H and O–H groups in total. The van der Waals surface area contributed by atoms with E-state index in [2.05, 4.69) is 43.5 Å². The summed E-state index contributed by atoms with van der Waals surface area (Å²) < 4.78 is 0. The van der Waals surface area contributed by atoms with Crippen molar-refractivity contribution in [2.45, 2.75) is 179 Å². The number of carbonyl (C=O) groups excluding carboxylic acids is 1. The van der Waals surface area contributed by atoms with Crippen LogP contribution in [0.15, 0.2) is 24.3 Å². The van der Waals surface area contributed by atoms with Crippen molar-refractivity contribution in [3.63, 3.8) is 0 Å². The Kier molecular flexibility index (Phi) is 28.4. The summed E-state index contributed by atoms with van der Waals surface area (Å²) in [6.45, 7) is 3.96. The third-order valence-corrected chi connectivity index (χ3v) is 7.64. The fraction of sp³-hybridized carbons (Fsp3) is 0.853. The van der Waals surface area contributed by atoms with Crippen LogP contribution < -0.4 is 5.32 Å². The van der Waals surface area contributed by atoms with E-state index in [1.807, 2.05) is 0 Å². The minimum atomic E-state index is -1.28. The van der Waals surface area contributed by atoms with Gasteiger partial charge in [-0.1, -0.05) is 128 Å². The second-order valence-electron chi connectivity index (χ2n) is 11.5. The lowest BCUT2D eigenvalue weighted by atomic mass is 10.00. The molecule has 6 nitrogen and oxygen atoms in total.